The van der Waals surface area contributed by atoms with E-state index in [9.17, 15) is 19.5 Å². The summed E-state index contributed by atoms with van der Waals surface area (Å²) in [6.45, 7) is 10.2. The molecule has 0 aromatic carbocycles. The molecule has 0 saturated heterocycles. The highest BCUT2D eigenvalue weighted by atomic mass is 16.6. The van der Waals surface area contributed by atoms with Crippen LogP contribution in [0.4, 0.5) is 0 Å². The lowest BCUT2D eigenvalue weighted by molar-refractivity contribution is -0.267. The molecule has 258 valence electrons. The van der Waals surface area contributed by atoms with Crippen LogP contribution in [-0.4, -0.2) is 40.3 Å². The van der Waals surface area contributed by atoms with Gasteiger partial charge in [0.15, 0.2) is 0 Å². The van der Waals surface area contributed by atoms with Crippen molar-refractivity contribution < 1.29 is 33.3 Å². The second kappa shape index (κ2) is 10.9. The van der Waals surface area contributed by atoms with Gasteiger partial charge in [-0.15, -0.1) is 0 Å². The van der Waals surface area contributed by atoms with Crippen molar-refractivity contribution in [1.82, 2.24) is 4.98 Å². The first kappa shape index (κ1) is 32.0. The van der Waals surface area contributed by atoms with Gasteiger partial charge in [-0.3, -0.25) is 14.6 Å². The summed E-state index contributed by atoms with van der Waals surface area (Å²) in [7, 11) is 0. The average molecular weight is 660 g/mol. The minimum atomic E-state index is -1.22. The number of carbonyl (C=O) groups excluding carboxylic acids is 2. The van der Waals surface area contributed by atoms with E-state index in [1.807, 2.05) is 6.92 Å². The highest BCUT2D eigenvalue weighted by molar-refractivity contribution is 5.78. The Hall–Kier alpha value is -3.20. The summed E-state index contributed by atoms with van der Waals surface area (Å²) >= 11 is 0. The van der Waals surface area contributed by atoms with Crippen LogP contribution < -0.4 is 10.4 Å². The maximum Gasteiger partial charge on any atom is 0.345 e. The minimum absolute atomic E-state index is 0.0955. The van der Waals surface area contributed by atoms with E-state index in [0.29, 0.717) is 35.5 Å². The van der Waals surface area contributed by atoms with Crippen molar-refractivity contribution in [3.8, 4) is 17.1 Å². The smallest absolute Gasteiger partial charge is 0.345 e. The van der Waals surface area contributed by atoms with Crippen molar-refractivity contribution in [3.63, 3.8) is 0 Å². The monoisotopic (exact) mass is 659 g/mol. The Balaban J connectivity index is 1.23. The van der Waals surface area contributed by atoms with Crippen LogP contribution in [0, 0.1) is 51.8 Å². The van der Waals surface area contributed by atoms with Crippen LogP contribution in [0.5, 0.6) is 5.75 Å². The van der Waals surface area contributed by atoms with Crippen LogP contribution in [0.1, 0.15) is 104 Å². The third-order valence-electron chi connectivity index (χ3n) is 14.4. The number of hydrogen-bond acceptors (Lipinski definition) is 9. The maximum absolute atomic E-state index is 14.6. The van der Waals surface area contributed by atoms with Crippen LogP contribution in [0.3, 0.4) is 0 Å². The van der Waals surface area contributed by atoms with E-state index in [4.69, 9.17) is 18.6 Å². The second-order valence-electron chi connectivity index (χ2n) is 17.2. The topological polar surface area (TPSA) is 125 Å². The molecule has 0 spiro atoms. The number of fused-ring (bicyclic) bond motifs is 4. The number of esters is 2. The van der Waals surface area contributed by atoms with E-state index in [0.717, 1.165) is 32.1 Å². The molecule has 6 saturated carbocycles. The van der Waals surface area contributed by atoms with E-state index in [1.165, 1.54) is 26.2 Å². The Morgan fingerprint density at radius 1 is 1.06 bits per heavy atom. The van der Waals surface area contributed by atoms with Gasteiger partial charge in [-0.05, 0) is 112 Å². The van der Waals surface area contributed by atoms with E-state index >= 15 is 0 Å². The van der Waals surface area contributed by atoms with Gasteiger partial charge < -0.3 is 23.7 Å². The number of aromatic nitrogens is 1. The lowest BCUT2D eigenvalue weighted by Gasteiger charge is -2.67. The average Bonchev–Trinajstić information content (AvgIpc) is 3.02. The SMILES string of the molecule is CC(=O)OC[C@@]1(C)C2C[C@H](OC(=O)C34CC5CC(CC(C5)C3)C4)[C@@]3(C)Oc4cc(-c5cccnc5)oc(=O)c4[C@H](O)C3[C@@]2(C)CC[C@@H]1C. The lowest BCUT2D eigenvalue weighted by Crippen LogP contribution is -2.71. The molecule has 48 heavy (non-hydrogen) atoms. The molecule has 2 aromatic rings. The van der Waals surface area contributed by atoms with Crippen LogP contribution in [-0.2, 0) is 19.1 Å². The lowest BCUT2D eigenvalue weighted by atomic mass is 9.41. The van der Waals surface area contributed by atoms with Crippen molar-refractivity contribution in [2.75, 3.05) is 6.61 Å². The highest BCUT2D eigenvalue weighted by Crippen LogP contribution is 2.69. The maximum atomic E-state index is 14.6. The fraction of sp³-hybridized carbons (Fsp3) is 0.692. The van der Waals surface area contributed by atoms with Gasteiger partial charge in [0.25, 0.3) is 0 Å². The van der Waals surface area contributed by atoms with E-state index in [2.05, 4.69) is 25.8 Å². The molecule has 1 aliphatic heterocycles. The third kappa shape index (κ3) is 4.65. The van der Waals surface area contributed by atoms with Crippen molar-refractivity contribution in [2.24, 2.45) is 51.8 Å². The van der Waals surface area contributed by atoms with Crippen molar-refractivity contribution in [1.29, 1.82) is 0 Å². The number of hydrogen-bond donors (Lipinski definition) is 1. The van der Waals surface area contributed by atoms with Crippen LogP contribution in [0.15, 0.2) is 39.8 Å². The molecule has 2 aromatic heterocycles. The van der Waals surface area contributed by atoms with Gasteiger partial charge in [0, 0.05) is 42.3 Å². The van der Waals surface area contributed by atoms with Gasteiger partial charge in [-0.2, -0.15) is 0 Å². The molecule has 0 amide bonds. The third-order valence-corrected chi connectivity index (χ3v) is 14.4. The first-order valence-corrected chi connectivity index (χ1v) is 18.1. The van der Waals surface area contributed by atoms with Gasteiger partial charge >= 0.3 is 17.6 Å². The van der Waals surface area contributed by atoms with Gasteiger partial charge in [-0.1, -0.05) is 20.8 Å². The zero-order chi connectivity index (χ0) is 33.8. The number of pyridine rings is 1. The summed E-state index contributed by atoms with van der Waals surface area (Å²) in [5.74, 6) is 1.34. The van der Waals surface area contributed by atoms with Crippen LogP contribution in [0.2, 0.25) is 0 Å². The van der Waals surface area contributed by atoms with Gasteiger partial charge in [0.1, 0.15) is 28.8 Å². The quantitative estimate of drug-likeness (QED) is 0.351. The van der Waals surface area contributed by atoms with E-state index < -0.39 is 45.6 Å². The molecule has 6 aliphatic carbocycles. The van der Waals surface area contributed by atoms with Crippen molar-refractivity contribution in [2.45, 2.75) is 110 Å². The predicted molar refractivity (Wildman–Crippen MR) is 176 cm³/mol. The number of nitrogens with zero attached hydrogens (tertiary/aromatic N) is 1. The van der Waals surface area contributed by atoms with E-state index in [-0.39, 0.29) is 41.7 Å². The number of aliphatic hydroxyl groups excluding tert-OH is 1. The summed E-state index contributed by atoms with van der Waals surface area (Å²) < 4.78 is 25.3. The summed E-state index contributed by atoms with van der Waals surface area (Å²) in [5, 5.41) is 12.4. The highest BCUT2D eigenvalue weighted by Gasteiger charge is 2.70. The van der Waals surface area contributed by atoms with Gasteiger partial charge in [0.05, 0.1) is 18.1 Å². The Kier molecular flexibility index (Phi) is 7.27. The molecular formula is C39H49NO8. The van der Waals surface area contributed by atoms with Crippen molar-refractivity contribution >= 4 is 11.9 Å². The molecule has 9 rings (SSSR count). The summed E-state index contributed by atoms with van der Waals surface area (Å²) in [5.41, 5.74) is -2.55. The summed E-state index contributed by atoms with van der Waals surface area (Å²) in [6, 6.07) is 5.23. The molecule has 9 nitrogen and oxygen atoms in total. The molecule has 6 fully saturated rings. The Bertz CT molecular complexity index is 1650. The normalized spacial score (nSPS) is 43.7. The first-order chi connectivity index (χ1) is 22.8. The number of rotatable bonds is 5. The first-order valence-electron chi connectivity index (χ1n) is 18.1. The van der Waals surface area contributed by atoms with Crippen LogP contribution >= 0.6 is 0 Å². The Labute approximate surface area is 282 Å². The number of carbonyl (C=O) groups is 2. The standard InChI is InChI=1S/C39H49NO8/c1-21-8-9-36(3)29(37(21,4)20-45-22(2)41)15-30(47-35(44)39-16-23-11-24(17-39)13-25(12-23)18-39)38(5)33(36)32(42)31-28(48-38)14-27(46-34(31)43)26-7-6-10-40-19-26/h6-7,10,14,19,21,23-25,29-30,32-33,42H,8-9,11-13,15-18,20H2,1-5H3/t21-,23?,24?,25?,29?,30-,32-,33?,36-,37+,38+,39?/m0/s1. The molecular weight excluding hydrogens is 610 g/mol. The zero-order valence-corrected chi connectivity index (χ0v) is 28.8. The van der Waals surface area contributed by atoms with Crippen molar-refractivity contribution in [3.05, 3.63) is 46.6 Å². The van der Waals surface area contributed by atoms with Gasteiger partial charge in [0.2, 0.25) is 0 Å². The fourth-order valence-corrected chi connectivity index (χ4v) is 12.3. The van der Waals surface area contributed by atoms with Gasteiger partial charge in [-0.25, -0.2) is 4.79 Å². The fourth-order valence-electron chi connectivity index (χ4n) is 12.3. The molecule has 2 unspecified atom stereocenters. The Morgan fingerprint density at radius 2 is 1.75 bits per heavy atom. The van der Waals surface area contributed by atoms with E-state index in [1.54, 1.807) is 30.6 Å². The van der Waals surface area contributed by atoms with Crippen LogP contribution in [0.25, 0.3) is 11.3 Å². The largest absolute Gasteiger partial charge is 0.482 e. The number of aliphatic hydroxyl groups is 1. The summed E-state index contributed by atoms with van der Waals surface area (Å²) in [6.07, 6.45) is 9.78. The molecule has 9 heteroatoms. The minimum Gasteiger partial charge on any atom is -0.482 e. The second-order valence-corrected chi connectivity index (χ2v) is 17.2. The Morgan fingerprint density at radius 3 is 2.38 bits per heavy atom. The predicted octanol–water partition coefficient (Wildman–Crippen LogP) is 6.66. The summed E-state index contributed by atoms with van der Waals surface area (Å²) in [4.78, 5) is 44.6. The molecule has 7 aliphatic rings. The molecule has 0 radical (unpaired) electrons. The molecule has 4 bridgehead atoms. The zero-order valence-electron chi connectivity index (χ0n) is 28.8. The number of ether oxygens (including phenoxy) is 3. The molecule has 8 atom stereocenters. The molecule has 1 N–H and O–H groups in total. The molecule has 3 heterocycles.